The highest BCUT2D eigenvalue weighted by Gasteiger charge is 2.30. The van der Waals surface area contributed by atoms with Crippen molar-refractivity contribution in [1.82, 2.24) is 19.5 Å². The van der Waals surface area contributed by atoms with E-state index in [1.807, 2.05) is 0 Å². The number of benzene rings is 1. The molecule has 0 radical (unpaired) electrons. The van der Waals surface area contributed by atoms with Gasteiger partial charge in [-0.05, 0) is 37.8 Å². The molecule has 32 heavy (non-hydrogen) atoms. The molecule has 0 saturated carbocycles. The molecule has 11 heteroatoms. The Balaban J connectivity index is 1.27. The van der Waals surface area contributed by atoms with Gasteiger partial charge >= 0.3 is 6.18 Å². The molecule has 0 amide bonds. The second kappa shape index (κ2) is 8.36. The average molecular weight is 479 g/mol. The van der Waals surface area contributed by atoms with Crippen molar-refractivity contribution in [3.05, 3.63) is 68.4 Å². The normalized spacial score (nSPS) is 14.1. The fourth-order valence-electron chi connectivity index (χ4n) is 3.72. The third kappa shape index (κ3) is 4.18. The maximum atomic E-state index is 12.9. The number of aromatic nitrogens is 4. The zero-order chi connectivity index (χ0) is 22.3. The van der Waals surface area contributed by atoms with Gasteiger partial charge in [-0.2, -0.15) is 18.2 Å². The second-order valence-electron chi connectivity index (χ2n) is 7.47. The Labute approximate surface area is 188 Å². The van der Waals surface area contributed by atoms with Crippen LogP contribution < -0.4 is 5.56 Å². The summed E-state index contributed by atoms with van der Waals surface area (Å²) in [4.78, 5) is 23.4. The molecule has 5 rings (SSSR count). The van der Waals surface area contributed by atoms with Crippen LogP contribution in [0.3, 0.4) is 0 Å². The molecule has 0 bridgehead atoms. The van der Waals surface area contributed by atoms with Gasteiger partial charge in [-0.25, -0.2) is 4.98 Å². The summed E-state index contributed by atoms with van der Waals surface area (Å²) in [6.07, 6.45) is -0.290. The van der Waals surface area contributed by atoms with Gasteiger partial charge in [0, 0.05) is 28.0 Å². The van der Waals surface area contributed by atoms with Crippen molar-refractivity contribution in [2.24, 2.45) is 0 Å². The second-order valence-corrected chi connectivity index (χ2v) is 9.51. The lowest BCUT2D eigenvalue weighted by molar-refractivity contribution is -0.137. The molecule has 166 valence electrons. The van der Waals surface area contributed by atoms with E-state index in [1.54, 1.807) is 21.8 Å². The topological polar surface area (TPSA) is 73.3 Å². The fraction of sp³-hybridized carbons (Fsp3) is 0.333. The summed E-state index contributed by atoms with van der Waals surface area (Å²) in [5, 5.41) is 3.79. The van der Waals surface area contributed by atoms with Gasteiger partial charge in [-0.1, -0.05) is 17.3 Å². The molecule has 3 heterocycles. The molecule has 0 fully saturated rings. The van der Waals surface area contributed by atoms with Crippen LogP contribution in [0, 0.1) is 0 Å². The maximum absolute atomic E-state index is 12.9. The van der Waals surface area contributed by atoms with Crippen LogP contribution in [0.5, 0.6) is 0 Å². The van der Waals surface area contributed by atoms with Crippen LogP contribution in [0.1, 0.15) is 40.6 Å². The Hall–Kier alpha value is -2.66. The Bertz CT molecular complexity index is 1340. The van der Waals surface area contributed by atoms with E-state index in [0.29, 0.717) is 23.1 Å². The number of fused-ring (bicyclic) bond motifs is 3. The first-order chi connectivity index (χ1) is 15.4. The molecular weight excluding hydrogens is 461 g/mol. The predicted molar refractivity (Wildman–Crippen MR) is 116 cm³/mol. The molecule has 0 aliphatic heterocycles. The standard InChI is InChI=1S/C21H17F3N4O2S2/c22-21(23,24)13-5-3-4-12(8-13)19-26-17(30-27-19)11-31-10-14-9-18(29)28-15-6-1-2-7-16(15)32-20(28)25-14/h3-5,8-9H,1-2,6-7,10-11H2. The van der Waals surface area contributed by atoms with E-state index in [1.165, 1.54) is 28.8 Å². The SMILES string of the molecule is O=c1cc(CSCc2nc(-c3cccc(C(F)(F)F)c3)no2)nc2sc3c(n12)CCCC3. The lowest BCUT2D eigenvalue weighted by Gasteiger charge is -2.10. The van der Waals surface area contributed by atoms with Crippen LogP contribution >= 0.6 is 23.1 Å². The van der Waals surface area contributed by atoms with Crippen molar-refractivity contribution in [3.8, 4) is 11.4 Å². The molecular formula is C21H17F3N4O2S2. The number of alkyl halides is 3. The van der Waals surface area contributed by atoms with Gasteiger partial charge in [0.2, 0.25) is 11.7 Å². The highest BCUT2D eigenvalue weighted by molar-refractivity contribution is 7.97. The zero-order valence-electron chi connectivity index (χ0n) is 16.7. The summed E-state index contributed by atoms with van der Waals surface area (Å²) in [6, 6.07) is 6.37. The third-order valence-electron chi connectivity index (χ3n) is 5.21. The zero-order valence-corrected chi connectivity index (χ0v) is 18.3. The van der Waals surface area contributed by atoms with Gasteiger partial charge in [0.25, 0.3) is 5.56 Å². The Morgan fingerprint density at radius 3 is 2.81 bits per heavy atom. The minimum Gasteiger partial charge on any atom is -0.338 e. The summed E-state index contributed by atoms with van der Waals surface area (Å²) in [6.45, 7) is 0. The maximum Gasteiger partial charge on any atom is 0.416 e. The number of hydrogen-bond acceptors (Lipinski definition) is 7. The van der Waals surface area contributed by atoms with E-state index in [0.717, 1.165) is 48.5 Å². The third-order valence-corrected chi connectivity index (χ3v) is 7.30. The van der Waals surface area contributed by atoms with Gasteiger partial charge in [0.1, 0.15) is 0 Å². The smallest absolute Gasteiger partial charge is 0.338 e. The van der Waals surface area contributed by atoms with E-state index in [9.17, 15) is 18.0 Å². The van der Waals surface area contributed by atoms with Crippen molar-refractivity contribution < 1.29 is 17.7 Å². The van der Waals surface area contributed by atoms with Crippen molar-refractivity contribution in [2.75, 3.05) is 0 Å². The van der Waals surface area contributed by atoms with Crippen LogP contribution in [0.4, 0.5) is 13.2 Å². The summed E-state index contributed by atoms with van der Waals surface area (Å²) < 4.78 is 45.7. The van der Waals surface area contributed by atoms with Crippen LogP contribution in [-0.2, 0) is 30.5 Å². The van der Waals surface area contributed by atoms with Crippen molar-refractivity contribution in [2.45, 2.75) is 43.4 Å². The monoisotopic (exact) mass is 478 g/mol. The highest BCUT2D eigenvalue weighted by Crippen LogP contribution is 2.32. The number of hydrogen-bond donors (Lipinski definition) is 0. The van der Waals surface area contributed by atoms with Gasteiger partial charge in [0.15, 0.2) is 4.96 Å². The van der Waals surface area contributed by atoms with E-state index in [4.69, 9.17) is 4.52 Å². The Morgan fingerprint density at radius 1 is 1.12 bits per heavy atom. The van der Waals surface area contributed by atoms with Gasteiger partial charge in [-0.3, -0.25) is 9.20 Å². The quantitative estimate of drug-likeness (QED) is 0.396. The van der Waals surface area contributed by atoms with Crippen LogP contribution in [0.25, 0.3) is 16.3 Å². The largest absolute Gasteiger partial charge is 0.416 e. The molecule has 0 atom stereocenters. The van der Waals surface area contributed by atoms with E-state index < -0.39 is 11.7 Å². The van der Waals surface area contributed by atoms with E-state index in [2.05, 4.69) is 15.1 Å². The number of thiazole rings is 1. The number of nitrogens with zero attached hydrogens (tertiary/aromatic N) is 4. The Morgan fingerprint density at radius 2 is 1.97 bits per heavy atom. The fourth-order valence-corrected chi connectivity index (χ4v) is 5.71. The minimum absolute atomic E-state index is 0.0605. The average Bonchev–Trinajstić information content (AvgIpc) is 3.38. The molecule has 0 N–H and O–H groups in total. The van der Waals surface area contributed by atoms with Gasteiger partial charge < -0.3 is 4.52 Å². The van der Waals surface area contributed by atoms with E-state index >= 15 is 0 Å². The van der Waals surface area contributed by atoms with Gasteiger partial charge in [0.05, 0.1) is 17.0 Å². The van der Waals surface area contributed by atoms with Crippen molar-refractivity contribution >= 4 is 28.1 Å². The van der Waals surface area contributed by atoms with Gasteiger partial charge in [-0.15, -0.1) is 23.1 Å². The molecule has 4 aromatic rings. The van der Waals surface area contributed by atoms with E-state index in [-0.39, 0.29) is 16.9 Å². The molecule has 0 saturated heterocycles. The van der Waals surface area contributed by atoms with Crippen LogP contribution in [0.2, 0.25) is 0 Å². The molecule has 6 nitrogen and oxygen atoms in total. The predicted octanol–water partition coefficient (Wildman–Crippen LogP) is 5.14. The number of halogens is 3. The first-order valence-electron chi connectivity index (χ1n) is 10.00. The summed E-state index contributed by atoms with van der Waals surface area (Å²) in [7, 11) is 0. The summed E-state index contributed by atoms with van der Waals surface area (Å²) in [5.74, 6) is 1.24. The number of aryl methyl sites for hydroxylation is 2. The molecule has 1 aliphatic rings. The number of rotatable bonds is 5. The first kappa shape index (κ1) is 21.2. The Kier molecular flexibility index (Phi) is 5.54. The number of thioether (sulfide) groups is 1. The minimum atomic E-state index is -4.44. The first-order valence-corrected chi connectivity index (χ1v) is 12.0. The molecule has 3 aromatic heterocycles. The van der Waals surface area contributed by atoms with Crippen molar-refractivity contribution in [3.63, 3.8) is 0 Å². The van der Waals surface area contributed by atoms with Crippen LogP contribution in [-0.4, -0.2) is 19.5 Å². The summed E-state index contributed by atoms with van der Waals surface area (Å²) in [5.41, 5.74) is 1.19. The molecule has 1 aromatic carbocycles. The van der Waals surface area contributed by atoms with Crippen molar-refractivity contribution in [1.29, 1.82) is 0 Å². The highest BCUT2D eigenvalue weighted by atomic mass is 32.2. The van der Waals surface area contributed by atoms with Crippen LogP contribution in [0.15, 0.2) is 39.6 Å². The molecule has 0 unspecified atom stereocenters. The lowest BCUT2D eigenvalue weighted by Crippen LogP contribution is -2.17. The molecule has 0 spiro atoms. The lowest BCUT2D eigenvalue weighted by atomic mass is 10.0. The summed E-state index contributed by atoms with van der Waals surface area (Å²) >= 11 is 3.03. The molecule has 1 aliphatic carbocycles.